The highest BCUT2D eigenvalue weighted by Crippen LogP contribution is 2.42. The molecule has 0 aliphatic heterocycles. The molecule has 3 unspecified atom stereocenters. The molecular formula is C13H25NO2. The summed E-state index contributed by atoms with van der Waals surface area (Å²) in [5, 5.41) is 0. The molecule has 1 saturated carbocycles. The first-order valence-corrected chi connectivity index (χ1v) is 6.32. The fourth-order valence-electron chi connectivity index (χ4n) is 2.76. The van der Waals surface area contributed by atoms with Gasteiger partial charge in [0.25, 0.3) is 0 Å². The third-order valence-electron chi connectivity index (χ3n) is 4.20. The predicted molar refractivity (Wildman–Crippen MR) is 65.0 cm³/mol. The molecule has 3 nitrogen and oxygen atoms in total. The lowest BCUT2D eigenvalue weighted by molar-refractivity contribution is -0.144. The van der Waals surface area contributed by atoms with E-state index in [4.69, 9.17) is 10.5 Å². The second kappa shape index (κ2) is 5.67. The molecule has 0 aromatic rings. The van der Waals surface area contributed by atoms with E-state index >= 15 is 0 Å². The highest BCUT2D eigenvalue weighted by molar-refractivity contribution is 5.70. The lowest BCUT2D eigenvalue weighted by atomic mass is 9.72. The van der Waals surface area contributed by atoms with Crippen molar-refractivity contribution < 1.29 is 9.53 Å². The summed E-state index contributed by atoms with van der Waals surface area (Å²) in [6.45, 7) is 4.31. The van der Waals surface area contributed by atoms with Crippen molar-refractivity contribution >= 4 is 5.97 Å². The summed E-state index contributed by atoms with van der Waals surface area (Å²) < 4.78 is 4.80. The smallest absolute Gasteiger partial charge is 0.306 e. The van der Waals surface area contributed by atoms with Crippen LogP contribution in [0.4, 0.5) is 0 Å². The van der Waals surface area contributed by atoms with Crippen LogP contribution in [-0.2, 0) is 9.53 Å². The third-order valence-corrected chi connectivity index (χ3v) is 4.20. The van der Waals surface area contributed by atoms with Gasteiger partial charge in [0.05, 0.1) is 13.5 Å². The van der Waals surface area contributed by atoms with Crippen LogP contribution in [0.3, 0.4) is 0 Å². The van der Waals surface area contributed by atoms with E-state index in [1.54, 1.807) is 0 Å². The van der Waals surface area contributed by atoms with E-state index in [0.717, 1.165) is 18.8 Å². The fraction of sp³-hybridized carbons (Fsp3) is 0.923. The SMILES string of the molecule is COC(=O)CC1(C(C)N)CCCC(C)CC1. The zero-order valence-corrected chi connectivity index (χ0v) is 10.8. The summed E-state index contributed by atoms with van der Waals surface area (Å²) in [4.78, 5) is 11.5. The van der Waals surface area contributed by atoms with Gasteiger partial charge in [0.1, 0.15) is 0 Å². The molecule has 1 aliphatic rings. The molecule has 0 heterocycles. The number of rotatable bonds is 3. The minimum Gasteiger partial charge on any atom is -0.469 e. The number of hydrogen-bond donors (Lipinski definition) is 1. The van der Waals surface area contributed by atoms with Crippen molar-refractivity contribution in [2.45, 2.75) is 58.4 Å². The van der Waals surface area contributed by atoms with Crippen LogP contribution < -0.4 is 5.73 Å². The molecule has 0 amide bonds. The second-order valence-corrected chi connectivity index (χ2v) is 5.44. The van der Waals surface area contributed by atoms with Crippen molar-refractivity contribution in [1.29, 1.82) is 0 Å². The molecule has 3 heteroatoms. The van der Waals surface area contributed by atoms with Crippen molar-refractivity contribution in [2.24, 2.45) is 17.1 Å². The maximum absolute atomic E-state index is 11.5. The number of carbonyl (C=O) groups is 1. The Hall–Kier alpha value is -0.570. The summed E-state index contributed by atoms with van der Waals surface area (Å²) >= 11 is 0. The van der Waals surface area contributed by atoms with Gasteiger partial charge >= 0.3 is 5.97 Å². The Kier molecular flexibility index (Phi) is 4.78. The first-order valence-electron chi connectivity index (χ1n) is 6.32. The lowest BCUT2D eigenvalue weighted by Gasteiger charge is -2.35. The van der Waals surface area contributed by atoms with Gasteiger partial charge in [-0.2, -0.15) is 0 Å². The largest absolute Gasteiger partial charge is 0.469 e. The molecule has 1 rings (SSSR count). The van der Waals surface area contributed by atoms with Gasteiger partial charge in [-0.1, -0.05) is 26.2 Å². The summed E-state index contributed by atoms with van der Waals surface area (Å²) in [7, 11) is 1.45. The lowest BCUT2D eigenvalue weighted by Crippen LogP contribution is -2.41. The average Bonchev–Trinajstić information content (AvgIpc) is 2.42. The highest BCUT2D eigenvalue weighted by atomic mass is 16.5. The van der Waals surface area contributed by atoms with Gasteiger partial charge in [0.2, 0.25) is 0 Å². The molecule has 94 valence electrons. The molecule has 16 heavy (non-hydrogen) atoms. The Labute approximate surface area is 98.7 Å². The minimum atomic E-state index is -0.119. The van der Waals surface area contributed by atoms with E-state index in [2.05, 4.69) is 6.92 Å². The van der Waals surface area contributed by atoms with Crippen LogP contribution in [0.15, 0.2) is 0 Å². The fourth-order valence-corrected chi connectivity index (χ4v) is 2.76. The van der Waals surface area contributed by atoms with Crippen molar-refractivity contribution in [3.63, 3.8) is 0 Å². The zero-order valence-electron chi connectivity index (χ0n) is 10.8. The number of methoxy groups -OCH3 is 1. The highest BCUT2D eigenvalue weighted by Gasteiger charge is 2.38. The molecule has 0 aromatic carbocycles. The van der Waals surface area contributed by atoms with E-state index < -0.39 is 0 Å². The van der Waals surface area contributed by atoms with Crippen molar-refractivity contribution in [3.05, 3.63) is 0 Å². The number of hydrogen-bond acceptors (Lipinski definition) is 3. The second-order valence-electron chi connectivity index (χ2n) is 5.44. The third kappa shape index (κ3) is 3.21. The Bertz CT molecular complexity index is 240. The van der Waals surface area contributed by atoms with E-state index in [0.29, 0.717) is 6.42 Å². The number of ether oxygens (including phenoxy) is 1. The first kappa shape index (κ1) is 13.5. The summed E-state index contributed by atoms with van der Waals surface area (Å²) in [6.07, 6.45) is 6.22. The van der Waals surface area contributed by atoms with Gasteiger partial charge in [0.15, 0.2) is 0 Å². The topological polar surface area (TPSA) is 52.3 Å². The van der Waals surface area contributed by atoms with Gasteiger partial charge in [-0.25, -0.2) is 0 Å². The van der Waals surface area contributed by atoms with E-state index in [1.165, 1.54) is 26.4 Å². The van der Waals surface area contributed by atoms with E-state index in [1.807, 2.05) is 6.92 Å². The van der Waals surface area contributed by atoms with Gasteiger partial charge in [-0.05, 0) is 31.1 Å². The van der Waals surface area contributed by atoms with Crippen molar-refractivity contribution in [3.8, 4) is 0 Å². The monoisotopic (exact) mass is 227 g/mol. The average molecular weight is 227 g/mol. The van der Waals surface area contributed by atoms with Crippen LogP contribution in [0.2, 0.25) is 0 Å². The molecule has 0 spiro atoms. The number of carbonyl (C=O) groups excluding carboxylic acids is 1. The molecule has 0 bridgehead atoms. The maximum atomic E-state index is 11.5. The van der Waals surface area contributed by atoms with E-state index in [9.17, 15) is 4.79 Å². The van der Waals surface area contributed by atoms with Crippen molar-refractivity contribution in [1.82, 2.24) is 0 Å². The molecule has 1 aliphatic carbocycles. The first-order chi connectivity index (χ1) is 7.50. The minimum absolute atomic E-state index is 0.0299. The molecule has 0 aromatic heterocycles. The Balaban J connectivity index is 2.74. The molecule has 3 atom stereocenters. The summed E-state index contributed by atoms with van der Waals surface area (Å²) in [5.74, 6) is 0.644. The van der Waals surface area contributed by atoms with Crippen LogP contribution in [-0.4, -0.2) is 19.1 Å². The maximum Gasteiger partial charge on any atom is 0.306 e. The van der Waals surface area contributed by atoms with Crippen LogP contribution in [0.1, 0.15) is 52.4 Å². The van der Waals surface area contributed by atoms with Gasteiger partial charge < -0.3 is 10.5 Å². The molecule has 2 N–H and O–H groups in total. The predicted octanol–water partition coefficient (Wildman–Crippen LogP) is 2.48. The van der Waals surface area contributed by atoms with Crippen LogP contribution in [0, 0.1) is 11.3 Å². The molecular weight excluding hydrogens is 202 g/mol. The van der Waals surface area contributed by atoms with Crippen molar-refractivity contribution in [2.75, 3.05) is 7.11 Å². The standard InChI is InChI=1S/C13H25NO2/c1-10-5-4-7-13(8-6-10,11(2)14)9-12(15)16-3/h10-11H,4-9,14H2,1-3H3. The van der Waals surface area contributed by atoms with E-state index in [-0.39, 0.29) is 17.4 Å². The van der Waals surface area contributed by atoms with Gasteiger partial charge in [0, 0.05) is 6.04 Å². The van der Waals surface area contributed by atoms with Gasteiger partial charge in [-0.15, -0.1) is 0 Å². The number of nitrogens with two attached hydrogens (primary N) is 1. The van der Waals surface area contributed by atoms with Crippen LogP contribution in [0.5, 0.6) is 0 Å². The zero-order chi connectivity index (χ0) is 12.2. The quantitative estimate of drug-likeness (QED) is 0.595. The van der Waals surface area contributed by atoms with Gasteiger partial charge in [-0.3, -0.25) is 4.79 Å². The number of esters is 1. The van der Waals surface area contributed by atoms with Crippen LogP contribution >= 0.6 is 0 Å². The normalized spacial score (nSPS) is 32.9. The Morgan fingerprint density at radius 2 is 2.19 bits per heavy atom. The Morgan fingerprint density at radius 1 is 1.50 bits per heavy atom. The Morgan fingerprint density at radius 3 is 2.75 bits per heavy atom. The molecule has 0 radical (unpaired) electrons. The molecule has 1 fully saturated rings. The summed E-state index contributed by atoms with van der Waals surface area (Å²) in [5.41, 5.74) is 6.08. The van der Waals surface area contributed by atoms with Crippen LogP contribution in [0.25, 0.3) is 0 Å². The summed E-state index contributed by atoms with van der Waals surface area (Å²) in [6, 6.07) is 0.0666. The molecule has 0 saturated heterocycles.